The molecular weight excluding hydrogens is 276 g/mol. The van der Waals surface area contributed by atoms with Crippen molar-refractivity contribution < 1.29 is 9.53 Å². The van der Waals surface area contributed by atoms with E-state index >= 15 is 0 Å². The number of ether oxygens (including phenoxy) is 1. The average Bonchev–Trinajstić information content (AvgIpc) is 2.40. The summed E-state index contributed by atoms with van der Waals surface area (Å²) < 4.78 is 5.72. The predicted octanol–water partition coefficient (Wildman–Crippen LogP) is 3.04. The van der Waals surface area contributed by atoms with Gasteiger partial charge in [-0.05, 0) is 45.4 Å². The zero-order chi connectivity index (χ0) is 15.3. The summed E-state index contributed by atoms with van der Waals surface area (Å²) in [5.41, 5.74) is 6.69. The van der Waals surface area contributed by atoms with Crippen LogP contribution in [0, 0.1) is 0 Å². The molecule has 2 unspecified atom stereocenters. The molecule has 0 saturated heterocycles. The average molecular weight is 299 g/mol. The van der Waals surface area contributed by atoms with E-state index in [2.05, 4.69) is 5.32 Å². The third kappa shape index (κ3) is 4.69. The largest absolute Gasteiger partial charge is 0.481 e. The van der Waals surface area contributed by atoms with Gasteiger partial charge in [0.25, 0.3) is 5.91 Å². The van der Waals surface area contributed by atoms with Crippen LogP contribution in [0.5, 0.6) is 5.75 Å². The molecule has 4 nitrogen and oxygen atoms in total. The van der Waals surface area contributed by atoms with E-state index < -0.39 is 6.10 Å². The van der Waals surface area contributed by atoms with Gasteiger partial charge in [-0.2, -0.15) is 0 Å². The van der Waals surface area contributed by atoms with Gasteiger partial charge in [-0.15, -0.1) is 0 Å². The van der Waals surface area contributed by atoms with Crippen LogP contribution in [0.4, 0.5) is 0 Å². The van der Waals surface area contributed by atoms with Crippen LogP contribution in [0.3, 0.4) is 0 Å². The fraction of sp³-hybridized carbons (Fsp3) is 0.533. The van der Waals surface area contributed by atoms with Crippen molar-refractivity contribution in [1.29, 1.82) is 0 Å². The highest BCUT2D eigenvalue weighted by atomic mass is 35.5. The van der Waals surface area contributed by atoms with Crippen molar-refractivity contribution in [2.75, 3.05) is 0 Å². The molecule has 1 aromatic rings. The number of halogens is 1. The van der Waals surface area contributed by atoms with Gasteiger partial charge in [-0.1, -0.05) is 18.5 Å². The summed E-state index contributed by atoms with van der Waals surface area (Å²) in [4.78, 5) is 12.0. The lowest BCUT2D eigenvalue weighted by molar-refractivity contribution is -0.127. The van der Waals surface area contributed by atoms with Crippen LogP contribution < -0.4 is 15.8 Å². The zero-order valence-electron chi connectivity index (χ0n) is 12.4. The Hall–Kier alpha value is -1.26. The second-order valence-corrected chi connectivity index (χ2v) is 5.49. The van der Waals surface area contributed by atoms with Gasteiger partial charge in [-0.3, -0.25) is 4.79 Å². The first-order valence-corrected chi connectivity index (χ1v) is 7.25. The van der Waals surface area contributed by atoms with E-state index in [1.807, 2.05) is 20.8 Å². The molecule has 20 heavy (non-hydrogen) atoms. The van der Waals surface area contributed by atoms with Gasteiger partial charge in [0.2, 0.25) is 0 Å². The Morgan fingerprint density at radius 3 is 2.60 bits per heavy atom. The van der Waals surface area contributed by atoms with Crippen LogP contribution >= 0.6 is 11.6 Å². The minimum Gasteiger partial charge on any atom is -0.481 e. The Labute approximate surface area is 125 Å². The number of carbonyl (C=O) groups is 1. The van der Waals surface area contributed by atoms with Gasteiger partial charge >= 0.3 is 0 Å². The molecule has 0 fully saturated rings. The molecule has 1 aromatic carbocycles. The summed E-state index contributed by atoms with van der Waals surface area (Å²) in [6.45, 7) is 7.55. The molecule has 3 N–H and O–H groups in total. The fourth-order valence-corrected chi connectivity index (χ4v) is 1.87. The molecule has 0 aliphatic heterocycles. The first-order valence-electron chi connectivity index (χ1n) is 6.87. The van der Waals surface area contributed by atoms with Crippen LogP contribution in [0.25, 0.3) is 0 Å². The molecule has 3 atom stereocenters. The molecular formula is C15H23ClN2O2. The Kier molecular flexibility index (Phi) is 6.30. The molecule has 0 aliphatic rings. The number of rotatable bonds is 6. The van der Waals surface area contributed by atoms with Crippen LogP contribution in [-0.4, -0.2) is 18.1 Å². The topological polar surface area (TPSA) is 64.3 Å². The minimum atomic E-state index is -0.581. The SMILES string of the molecule is CCC(C)NC(=O)C(C)Oc1ccc(Cl)cc1[C@@H](C)N. The summed E-state index contributed by atoms with van der Waals surface area (Å²) in [5, 5.41) is 3.49. The number of amides is 1. The van der Waals surface area contributed by atoms with Gasteiger partial charge in [0.15, 0.2) is 6.10 Å². The lowest BCUT2D eigenvalue weighted by Crippen LogP contribution is -2.41. The van der Waals surface area contributed by atoms with Gasteiger partial charge in [0.05, 0.1) is 0 Å². The molecule has 0 aliphatic carbocycles. The van der Waals surface area contributed by atoms with E-state index in [0.29, 0.717) is 10.8 Å². The highest BCUT2D eigenvalue weighted by molar-refractivity contribution is 6.30. The maximum atomic E-state index is 12.0. The standard InChI is InChI=1S/C15H23ClN2O2/c1-5-9(2)18-15(19)11(4)20-14-7-6-12(16)8-13(14)10(3)17/h6-11H,5,17H2,1-4H3,(H,18,19)/t9?,10-,11?/m1/s1. The Balaban J connectivity index is 2.80. The summed E-state index contributed by atoms with van der Waals surface area (Å²) in [5.74, 6) is 0.459. The van der Waals surface area contributed by atoms with Crippen molar-refractivity contribution >= 4 is 17.5 Å². The normalized spacial score (nSPS) is 15.3. The van der Waals surface area contributed by atoms with E-state index in [-0.39, 0.29) is 18.0 Å². The van der Waals surface area contributed by atoms with Crippen molar-refractivity contribution in [1.82, 2.24) is 5.32 Å². The number of benzene rings is 1. The Bertz CT molecular complexity index is 463. The molecule has 5 heteroatoms. The predicted molar refractivity (Wildman–Crippen MR) is 82.0 cm³/mol. The van der Waals surface area contributed by atoms with Crippen molar-refractivity contribution in [2.45, 2.75) is 52.3 Å². The lowest BCUT2D eigenvalue weighted by Gasteiger charge is -2.20. The van der Waals surface area contributed by atoms with E-state index in [1.165, 1.54) is 0 Å². The van der Waals surface area contributed by atoms with Gasteiger partial charge < -0.3 is 15.8 Å². The van der Waals surface area contributed by atoms with Gasteiger partial charge in [0.1, 0.15) is 5.75 Å². The van der Waals surface area contributed by atoms with Crippen LogP contribution in [0.1, 0.15) is 45.7 Å². The molecule has 1 amide bonds. The van der Waals surface area contributed by atoms with Crippen LogP contribution in [-0.2, 0) is 4.79 Å². The lowest BCUT2D eigenvalue weighted by atomic mass is 10.1. The molecule has 112 valence electrons. The number of nitrogens with two attached hydrogens (primary N) is 1. The molecule has 0 radical (unpaired) electrons. The van der Waals surface area contributed by atoms with E-state index in [9.17, 15) is 4.79 Å². The third-order valence-electron chi connectivity index (χ3n) is 3.14. The van der Waals surface area contributed by atoms with Gasteiger partial charge in [0, 0.05) is 22.7 Å². The van der Waals surface area contributed by atoms with Crippen molar-refractivity contribution in [3.63, 3.8) is 0 Å². The highest BCUT2D eigenvalue weighted by Gasteiger charge is 2.18. The quantitative estimate of drug-likeness (QED) is 0.848. The molecule has 0 spiro atoms. The van der Waals surface area contributed by atoms with E-state index in [1.54, 1.807) is 25.1 Å². The summed E-state index contributed by atoms with van der Waals surface area (Å²) in [7, 11) is 0. The van der Waals surface area contributed by atoms with Crippen LogP contribution in [0.15, 0.2) is 18.2 Å². The molecule has 0 heterocycles. The number of nitrogens with one attached hydrogen (secondary N) is 1. The number of carbonyl (C=O) groups excluding carboxylic acids is 1. The second-order valence-electron chi connectivity index (χ2n) is 5.05. The highest BCUT2D eigenvalue weighted by Crippen LogP contribution is 2.28. The molecule has 0 saturated carbocycles. The molecule has 0 bridgehead atoms. The minimum absolute atomic E-state index is 0.131. The monoisotopic (exact) mass is 298 g/mol. The fourth-order valence-electron chi connectivity index (χ4n) is 1.69. The summed E-state index contributed by atoms with van der Waals surface area (Å²) in [6, 6.07) is 5.15. The molecule has 1 rings (SSSR count). The Morgan fingerprint density at radius 1 is 1.40 bits per heavy atom. The van der Waals surface area contributed by atoms with Gasteiger partial charge in [-0.25, -0.2) is 0 Å². The summed E-state index contributed by atoms with van der Waals surface area (Å²) >= 11 is 5.96. The van der Waals surface area contributed by atoms with Crippen molar-refractivity contribution in [3.05, 3.63) is 28.8 Å². The first-order chi connectivity index (χ1) is 9.35. The smallest absolute Gasteiger partial charge is 0.260 e. The maximum Gasteiger partial charge on any atom is 0.260 e. The second kappa shape index (κ2) is 7.50. The van der Waals surface area contributed by atoms with Crippen LogP contribution in [0.2, 0.25) is 5.02 Å². The first kappa shape index (κ1) is 16.8. The number of hydrogen-bond acceptors (Lipinski definition) is 3. The van der Waals surface area contributed by atoms with Crippen molar-refractivity contribution in [2.24, 2.45) is 5.73 Å². The number of hydrogen-bond donors (Lipinski definition) is 2. The third-order valence-corrected chi connectivity index (χ3v) is 3.37. The summed E-state index contributed by atoms with van der Waals surface area (Å²) in [6.07, 6.45) is 0.299. The zero-order valence-corrected chi connectivity index (χ0v) is 13.2. The van der Waals surface area contributed by atoms with Crippen molar-refractivity contribution in [3.8, 4) is 5.75 Å². The maximum absolute atomic E-state index is 12.0. The van der Waals surface area contributed by atoms with E-state index in [4.69, 9.17) is 22.1 Å². The Morgan fingerprint density at radius 2 is 2.05 bits per heavy atom. The van der Waals surface area contributed by atoms with E-state index in [0.717, 1.165) is 12.0 Å². The molecule has 0 aromatic heterocycles.